The summed E-state index contributed by atoms with van der Waals surface area (Å²) >= 11 is 0. The number of carbonyl (C=O) groups is 2. The van der Waals surface area contributed by atoms with Crippen LogP contribution in [0.2, 0.25) is 0 Å². The van der Waals surface area contributed by atoms with Gasteiger partial charge in [-0.05, 0) is 12.1 Å². The zero-order valence-corrected chi connectivity index (χ0v) is 11.0. The Morgan fingerprint density at radius 3 is 2.55 bits per heavy atom. The van der Waals surface area contributed by atoms with E-state index in [0.29, 0.717) is 18.5 Å². The molecule has 1 aromatic rings. The van der Waals surface area contributed by atoms with Crippen LogP contribution in [-0.2, 0) is 4.79 Å². The van der Waals surface area contributed by atoms with Crippen LogP contribution in [0.3, 0.4) is 0 Å². The highest BCUT2D eigenvalue weighted by molar-refractivity contribution is 5.94. The van der Waals surface area contributed by atoms with E-state index in [-0.39, 0.29) is 24.8 Å². The molecule has 0 aliphatic heterocycles. The summed E-state index contributed by atoms with van der Waals surface area (Å²) in [6, 6.07) is 10.7. The molecule has 1 aromatic carbocycles. The molecular weight excluding hydrogens is 254 g/mol. The first-order chi connectivity index (χ1) is 9.74. The van der Waals surface area contributed by atoms with E-state index in [1.165, 1.54) is 0 Å². The van der Waals surface area contributed by atoms with E-state index in [1.807, 2.05) is 12.1 Å². The predicted octanol–water partition coefficient (Wildman–Crippen LogP) is 0.840. The van der Waals surface area contributed by atoms with Crippen LogP contribution in [0.4, 0.5) is 0 Å². The van der Waals surface area contributed by atoms with Crippen LogP contribution >= 0.6 is 0 Å². The molecule has 0 fully saturated rings. The van der Waals surface area contributed by atoms with Crippen LogP contribution in [-0.4, -0.2) is 24.9 Å². The molecule has 0 bridgehead atoms. The summed E-state index contributed by atoms with van der Waals surface area (Å²) in [4.78, 5) is 22.7. The number of nitriles is 1. The predicted molar refractivity (Wildman–Crippen MR) is 74.4 cm³/mol. The number of rotatable bonds is 5. The molecule has 1 rings (SSSR count). The van der Waals surface area contributed by atoms with Crippen LogP contribution < -0.4 is 10.6 Å². The van der Waals surface area contributed by atoms with Gasteiger partial charge in [0.05, 0.1) is 12.5 Å². The number of carbonyl (C=O) groups excluding carboxylic acids is 2. The second-order valence-corrected chi connectivity index (χ2v) is 3.84. The number of amides is 2. The van der Waals surface area contributed by atoms with Crippen LogP contribution in [0, 0.1) is 23.2 Å². The van der Waals surface area contributed by atoms with E-state index in [9.17, 15) is 9.59 Å². The van der Waals surface area contributed by atoms with E-state index in [4.69, 9.17) is 5.26 Å². The third-order valence-electron chi connectivity index (χ3n) is 2.31. The summed E-state index contributed by atoms with van der Waals surface area (Å²) < 4.78 is 0. The average Bonchev–Trinajstić information content (AvgIpc) is 2.49. The van der Waals surface area contributed by atoms with Gasteiger partial charge < -0.3 is 10.6 Å². The monoisotopic (exact) mass is 269 g/mol. The van der Waals surface area contributed by atoms with Crippen molar-refractivity contribution in [2.24, 2.45) is 0 Å². The minimum absolute atomic E-state index is 0.00630. The molecule has 0 atom stereocenters. The number of nitrogens with one attached hydrogen (secondary N) is 2. The quantitative estimate of drug-likeness (QED) is 0.472. The highest BCUT2D eigenvalue weighted by atomic mass is 16.2. The zero-order chi connectivity index (χ0) is 14.6. The van der Waals surface area contributed by atoms with Crippen molar-refractivity contribution in [3.63, 3.8) is 0 Å². The fourth-order valence-corrected chi connectivity index (χ4v) is 1.36. The molecule has 102 valence electrons. The van der Waals surface area contributed by atoms with Gasteiger partial charge in [-0.15, -0.1) is 5.92 Å². The van der Waals surface area contributed by atoms with Gasteiger partial charge in [-0.25, -0.2) is 0 Å². The lowest BCUT2D eigenvalue weighted by Crippen LogP contribution is -2.24. The van der Waals surface area contributed by atoms with Gasteiger partial charge in [0, 0.05) is 18.5 Å². The lowest BCUT2D eigenvalue weighted by molar-refractivity contribution is -0.119. The van der Waals surface area contributed by atoms with Crippen molar-refractivity contribution in [3.05, 3.63) is 35.9 Å². The normalized spacial score (nSPS) is 8.75. The third-order valence-corrected chi connectivity index (χ3v) is 2.31. The van der Waals surface area contributed by atoms with Gasteiger partial charge in [0.1, 0.15) is 6.54 Å². The molecule has 0 unspecified atom stereocenters. The standard InChI is InChI=1S/C15H15N3O2/c16-10-12-17-14(19)9-5-2-6-11-18-15(20)13-7-3-1-4-8-13/h1,3-4,7-8H,6,9,11-12H2,(H,17,19)(H,18,20). The average molecular weight is 269 g/mol. The number of nitrogens with zero attached hydrogens (tertiary/aromatic N) is 1. The van der Waals surface area contributed by atoms with E-state index in [2.05, 4.69) is 22.5 Å². The van der Waals surface area contributed by atoms with Gasteiger partial charge in [-0.1, -0.05) is 24.1 Å². The first-order valence-corrected chi connectivity index (χ1v) is 6.16. The first kappa shape index (κ1) is 15.3. The summed E-state index contributed by atoms with van der Waals surface area (Å²) in [5.74, 6) is 5.07. The van der Waals surface area contributed by atoms with Crippen molar-refractivity contribution in [3.8, 4) is 17.9 Å². The summed E-state index contributed by atoms with van der Waals surface area (Å²) in [5, 5.41) is 13.4. The van der Waals surface area contributed by atoms with Gasteiger partial charge in [-0.2, -0.15) is 5.26 Å². The molecule has 5 heteroatoms. The minimum atomic E-state index is -0.271. The van der Waals surface area contributed by atoms with Crippen LogP contribution in [0.25, 0.3) is 0 Å². The number of hydrogen-bond donors (Lipinski definition) is 2. The highest BCUT2D eigenvalue weighted by Crippen LogP contribution is 1.97. The van der Waals surface area contributed by atoms with Crippen molar-refractivity contribution in [1.82, 2.24) is 10.6 Å². The molecule has 0 heterocycles. The molecule has 20 heavy (non-hydrogen) atoms. The van der Waals surface area contributed by atoms with Gasteiger partial charge >= 0.3 is 0 Å². The van der Waals surface area contributed by atoms with Crippen molar-refractivity contribution < 1.29 is 9.59 Å². The minimum Gasteiger partial charge on any atom is -0.351 e. The molecule has 0 saturated carbocycles. The Hall–Kier alpha value is -2.79. The maximum Gasteiger partial charge on any atom is 0.251 e. The fourth-order valence-electron chi connectivity index (χ4n) is 1.36. The maximum absolute atomic E-state index is 11.6. The van der Waals surface area contributed by atoms with E-state index in [1.54, 1.807) is 24.3 Å². The summed E-state index contributed by atoms with van der Waals surface area (Å²) in [6.45, 7) is 0.425. The topological polar surface area (TPSA) is 82.0 Å². The third kappa shape index (κ3) is 6.23. The van der Waals surface area contributed by atoms with Crippen molar-refractivity contribution in [1.29, 1.82) is 5.26 Å². The molecule has 0 aliphatic carbocycles. The molecule has 0 saturated heterocycles. The Kier molecular flexibility index (Phi) is 7.01. The molecular formula is C15H15N3O2. The second kappa shape index (κ2) is 9.18. The summed E-state index contributed by atoms with van der Waals surface area (Å²) in [5.41, 5.74) is 0.608. The number of benzene rings is 1. The molecule has 5 nitrogen and oxygen atoms in total. The lowest BCUT2D eigenvalue weighted by Gasteiger charge is -2.01. The number of hydrogen-bond acceptors (Lipinski definition) is 3. The van der Waals surface area contributed by atoms with E-state index < -0.39 is 0 Å². The summed E-state index contributed by atoms with van der Waals surface area (Å²) in [7, 11) is 0. The van der Waals surface area contributed by atoms with Crippen LogP contribution in [0.15, 0.2) is 30.3 Å². The van der Waals surface area contributed by atoms with Gasteiger partial charge in [0.2, 0.25) is 5.91 Å². The maximum atomic E-state index is 11.6. The van der Waals surface area contributed by atoms with Crippen molar-refractivity contribution >= 4 is 11.8 Å². The van der Waals surface area contributed by atoms with E-state index in [0.717, 1.165) is 0 Å². The molecule has 0 radical (unpaired) electrons. The van der Waals surface area contributed by atoms with Gasteiger partial charge in [0.15, 0.2) is 0 Å². The molecule has 0 aromatic heterocycles. The van der Waals surface area contributed by atoms with Gasteiger partial charge in [-0.3, -0.25) is 9.59 Å². The Balaban J connectivity index is 2.18. The Bertz CT molecular complexity index is 550. The van der Waals surface area contributed by atoms with Gasteiger partial charge in [0.25, 0.3) is 5.91 Å². The van der Waals surface area contributed by atoms with Crippen molar-refractivity contribution in [2.45, 2.75) is 12.8 Å². The fraction of sp³-hybridized carbons (Fsp3) is 0.267. The Morgan fingerprint density at radius 1 is 1.10 bits per heavy atom. The molecule has 0 spiro atoms. The van der Waals surface area contributed by atoms with Crippen LogP contribution in [0.1, 0.15) is 23.2 Å². The Labute approximate surface area is 118 Å². The molecule has 2 amide bonds. The SMILES string of the molecule is N#CCNC(=O)CC#CCCNC(=O)c1ccccc1. The molecule has 0 aliphatic rings. The lowest BCUT2D eigenvalue weighted by atomic mass is 10.2. The summed E-state index contributed by atoms with van der Waals surface area (Å²) in [6.07, 6.45) is 0.540. The van der Waals surface area contributed by atoms with E-state index >= 15 is 0 Å². The second-order valence-electron chi connectivity index (χ2n) is 3.84. The van der Waals surface area contributed by atoms with Crippen molar-refractivity contribution in [2.75, 3.05) is 13.1 Å². The molecule has 2 N–H and O–H groups in total. The van der Waals surface area contributed by atoms with Crippen LogP contribution in [0.5, 0.6) is 0 Å². The smallest absolute Gasteiger partial charge is 0.251 e. The first-order valence-electron chi connectivity index (χ1n) is 6.16. The largest absolute Gasteiger partial charge is 0.351 e. The highest BCUT2D eigenvalue weighted by Gasteiger charge is 2.01. The Morgan fingerprint density at radius 2 is 1.85 bits per heavy atom. The zero-order valence-electron chi connectivity index (χ0n) is 11.0.